The number of amidine groups is 1. The number of hydrogen-bond acceptors (Lipinski definition) is 7. The van der Waals surface area contributed by atoms with E-state index in [9.17, 15) is 19.5 Å². The number of benzene rings is 3. The summed E-state index contributed by atoms with van der Waals surface area (Å²) in [4.78, 5) is 48.1. The molecule has 3 aromatic rings. The molecule has 0 spiro atoms. The van der Waals surface area contributed by atoms with E-state index in [-0.39, 0.29) is 35.9 Å². The summed E-state index contributed by atoms with van der Waals surface area (Å²) in [6.45, 7) is 6.91. The van der Waals surface area contributed by atoms with Gasteiger partial charge in [0.25, 0.3) is 5.91 Å². The topological polar surface area (TPSA) is 128 Å². The van der Waals surface area contributed by atoms with Crippen molar-refractivity contribution in [3.8, 4) is 0 Å². The first-order valence-electron chi connectivity index (χ1n) is 16.1. The van der Waals surface area contributed by atoms with Gasteiger partial charge in [0.1, 0.15) is 12.4 Å². The lowest BCUT2D eigenvalue weighted by molar-refractivity contribution is -0.127. The molecule has 46 heavy (non-hydrogen) atoms. The van der Waals surface area contributed by atoms with Gasteiger partial charge < -0.3 is 21.1 Å². The van der Waals surface area contributed by atoms with Crippen LogP contribution in [0.1, 0.15) is 66.1 Å². The van der Waals surface area contributed by atoms with Gasteiger partial charge in [-0.3, -0.25) is 19.3 Å². The molecule has 0 radical (unpaired) electrons. The van der Waals surface area contributed by atoms with Crippen molar-refractivity contribution in [1.82, 2.24) is 9.80 Å². The van der Waals surface area contributed by atoms with E-state index < -0.39 is 6.61 Å². The maximum atomic E-state index is 13.4. The number of nitrogens with two attached hydrogens (primary N) is 1. The van der Waals surface area contributed by atoms with Crippen LogP contribution in [0, 0.1) is 5.92 Å². The highest BCUT2D eigenvalue weighted by atomic mass is 16.3. The van der Waals surface area contributed by atoms with Crippen molar-refractivity contribution in [3.63, 3.8) is 0 Å². The molecule has 2 aliphatic heterocycles. The molecule has 2 heterocycles. The average molecular weight is 622 g/mol. The second-order valence-corrected chi connectivity index (χ2v) is 12.1. The normalized spacial score (nSPS) is 17.8. The van der Waals surface area contributed by atoms with Gasteiger partial charge in [-0.05, 0) is 54.3 Å². The predicted molar refractivity (Wildman–Crippen MR) is 182 cm³/mol. The van der Waals surface area contributed by atoms with E-state index in [0.717, 1.165) is 30.5 Å². The van der Waals surface area contributed by atoms with Crippen LogP contribution in [0.3, 0.4) is 0 Å². The maximum absolute atomic E-state index is 13.4. The fourth-order valence-electron chi connectivity index (χ4n) is 6.41. The number of fused-ring (bicyclic) bond motifs is 1. The summed E-state index contributed by atoms with van der Waals surface area (Å²) < 4.78 is 0. The van der Waals surface area contributed by atoms with E-state index in [1.54, 1.807) is 18.2 Å². The lowest BCUT2D eigenvalue weighted by atomic mass is 9.86. The summed E-state index contributed by atoms with van der Waals surface area (Å²) in [5.41, 5.74) is 11.2. The van der Waals surface area contributed by atoms with Crippen LogP contribution in [0.2, 0.25) is 0 Å². The Bertz CT molecular complexity index is 1630. The van der Waals surface area contributed by atoms with Crippen molar-refractivity contribution in [3.05, 3.63) is 101 Å². The van der Waals surface area contributed by atoms with Crippen molar-refractivity contribution < 1.29 is 19.5 Å². The molecule has 9 nitrogen and oxygen atoms in total. The van der Waals surface area contributed by atoms with Gasteiger partial charge in [0.15, 0.2) is 5.78 Å². The molecule has 1 saturated heterocycles. The first kappa shape index (κ1) is 32.8. The first-order chi connectivity index (χ1) is 22.3. The number of nitrogens with one attached hydrogen (secondary N) is 1. The van der Waals surface area contributed by atoms with Gasteiger partial charge in [-0.2, -0.15) is 0 Å². The Hall–Kier alpha value is -4.60. The predicted octanol–water partition coefficient (Wildman–Crippen LogP) is 5.14. The standard InChI is InChI=1S/C37H43N5O4/c1-3-15-42(16-4-2)37(46)29-17-27-13-14-28(19-33(27)40-35(38)20-29)36(45)39-30-12-8-11-26(18-30)31-22-41(23-32(31)34(44)24-43)21-25-9-6-5-7-10-25/h5-14,17-19,31-32,43H,3-4,15-16,20-24H2,1-2H3,(H2,38,40)(H,39,45)/t31?,32-/m0/s1. The Morgan fingerprint density at radius 1 is 0.978 bits per heavy atom. The molecule has 0 aliphatic carbocycles. The fourth-order valence-corrected chi connectivity index (χ4v) is 6.41. The van der Waals surface area contributed by atoms with Gasteiger partial charge >= 0.3 is 0 Å². The number of hydrogen-bond donors (Lipinski definition) is 3. The van der Waals surface area contributed by atoms with Gasteiger partial charge in [0.05, 0.1) is 5.69 Å². The molecule has 9 heteroatoms. The third-order valence-corrected chi connectivity index (χ3v) is 8.59. The third kappa shape index (κ3) is 7.78. The maximum Gasteiger partial charge on any atom is 0.255 e. The van der Waals surface area contributed by atoms with E-state index in [2.05, 4.69) is 41.2 Å². The van der Waals surface area contributed by atoms with Crippen LogP contribution in [0.5, 0.6) is 0 Å². The molecule has 2 amide bonds. The zero-order valence-electron chi connectivity index (χ0n) is 26.6. The SMILES string of the molecule is CCCN(CCC)C(=O)C1=Cc2ccc(C(=O)Nc3cccc(C4CN(Cc5ccccc5)C[C@@H]4C(=O)CO)c3)cc2N=C(N)C1. The Balaban J connectivity index is 1.33. The van der Waals surface area contributed by atoms with Crippen molar-refractivity contribution in [1.29, 1.82) is 0 Å². The first-order valence-corrected chi connectivity index (χ1v) is 16.1. The van der Waals surface area contributed by atoms with Crippen molar-refractivity contribution in [2.45, 2.75) is 45.6 Å². The number of amides is 2. The highest BCUT2D eigenvalue weighted by molar-refractivity contribution is 6.08. The molecule has 2 atom stereocenters. The molecule has 0 aromatic heterocycles. The summed E-state index contributed by atoms with van der Waals surface area (Å²) in [5.74, 6) is -0.656. The van der Waals surface area contributed by atoms with E-state index >= 15 is 0 Å². The minimum atomic E-state index is -0.497. The van der Waals surface area contributed by atoms with Crippen LogP contribution in [0.25, 0.3) is 6.08 Å². The number of carbonyl (C=O) groups is 3. The van der Waals surface area contributed by atoms with Gasteiger partial charge in [-0.15, -0.1) is 0 Å². The molecule has 3 aromatic carbocycles. The zero-order chi connectivity index (χ0) is 32.6. The second-order valence-electron chi connectivity index (χ2n) is 12.1. The molecule has 240 valence electrons. The number of aliphatic hydroxyl groups is 1. The number of rotatable bonds is 12. The summed E-state index contributed by atoms with van der Waals surface area (Å²) in [5, 5.41) is 12.7. The minimum Gasteiger partial charge on any atom is -0.389 e. The van der Waals surface area contributed by atoms with Crippen LogP contribution in [-0.2, 0) is 16.1 Å². The monoisotopic (exact) mass is 621 g/mol. The number of aliphatic hydroxyl groups excluding tert-OH is 1. The van der Waals surface area contributed by atoms with Crippen molar-refractivity contribution in [2.75, 3.05) is 38.1 Å². The quantitative estimate of drug-likeness (QED) is 0.257. The Labute approximate surface area is 270 Å². The van der Waals surface area contributed by atoms with Crippen LogP contribution in [-0.4, -0.2) is 71.1 Å². The summed E-state index contributed by atoms with van der Waals surface area (Å²) in [6.07, 6.45) is 3.82. The number of ketones is 1. The van der Waals surface area contributed by atoms with Crippen molar-refractivity contribution in [2.24, 2.45) is 16.6 Å². The van der Waals surface area contributed by atoms with Gasteiger partial charge in [-0.25, -0.2) is 4.99 Å². The van der Waals surface area contributed by atoms with Gasteiger partial charge in [0.2, 0.25) is 5.91 Å². The fraction of sp³-hybridized carbons (Fsp3) is 0.351. The van der Waals surface area contributed by atoms with Crippen LogP contribution in [0.15, 0.2) is 83.4 Å². The molecule has 0 bridgehead atoms. The Morgan fingerprint density at radius 2 is 1.74 bits per heavy atom. The summed E-state index contributed by atoms with van der Waals surface area (Å²) in [7, 11) is 0. The minimum absolute atomic E-state index is 0.0372. The number of carbonyl (C=O) groups excluding carboxylic acids is 3. The van der Waals surface area contributed by atoms with Gasteiger partial charge in [0, 0.05) is 73.4 Å². The van der Waals surface area contributed by atoms with Crippen LogP contribution < -0.4 is 11.1 Å². The number of anilines is 1. The highest BCUT2D eigenvalue weighted by Gasteiger charge is 2.38. The van der Waals surface area contributed by atoms with Crippen molar-refractivity contribution >= 4 is 40.9 Å². The van der Waals surface area contributed by atoms with Gasteiger partial charge in [-0.1, -0.05) is 62.4 Å². The lowest BCUT2D eigenvalue weighted by Crippen LogP contribution is -2.34. The Morgan fingerprint density at radius 3 is 2.46 bits per heavy atom. The molecule has 1 unspecified atom stereocenters. The zero-order valence-corrected chi connectivity index (χ0v) is 26.6. The van der Waals surface area contributed by atoms with Crippen LogP contribution >= 0.6 is 0 Å². The lowest BCUT2D eigenvalue weighted by Gasteiger charge is -2.22. The molecule has 0 saturated carbocycles. The highest BCUT2D eigenvalue weighted by Crippen LogP contribution is 2.35. The molecule has 1 fully saturated rings. The number of nitrogens with zero attached hydrogens (tertiary/aromatic N) is 3. The summed E-state index contributed by atoms with van der Waals surface area (Å²) >= 11 is 0. The molecular weight excluding hydrogens is 578 g/mol. The van der Waals surface area contributed by atoms with Crippen LogP contribution in [0.4, 0.5) is 11.4 Å². The third-order valence-electron chi connectivity index (χ3n) is 8.59. The number of Topliss-reactive ketones (excluding diaryl/α,β-unsaturated/α-hetero) is 1. The molecular formula is C37H43N5O4. The Kier molecular flexibility index (Phi) is 10.8. The number of aliphatic imine (C=N–C) groups is 1. The van der Waals surface area contributed by atoms with E-state index in [0.29, 0.717) is 54.5 Å². The second kappa shape index (κ2) is 15.1. The molecule has 5 rings (SSSR count). The van der Waals surface area contributed by atoms with E-state index in [1.807, 2.05) is 53.4 Å². The van der Waals surface area contributed by atoms with E-state index in [4.69, 9.17) is 5.73 Å². The summed E-state index contributed by atoms with van der Waals surface area (Å²) in [6, 6.07) is 22.9. The largest absolute Gasteiger partial charge is 0.389 e. The average Bonchev–Trinajstić information content (AvgIpc) is 3.40. The molecule has 2 aliphatic rings. The number of likely N-dealkylation sites (tertiary alicyclic amines) is 1. The van der Waals surface area contributed by atoms with E-state index in [1.165, 1.54) is 5.56 Å². The molecule has 4 N–H and O–H groups in total. The smallest absolute Gasteiger partial charge is 0.255 e.